The van der Waals surface area contributed by atoms with E-state index in [0.29, 0.717) is 6.42 Å². The van der Waals surface area contributed by atoms with Gasteiger partial charge in [0, 0.05) is 3.57 Å². The fourth-order valence-corrected chi connectivity index (χ4v) is 3.09. The molecule has 0 saturated carbocycles. The van der Waals surface area contributed by atoms with Crippen molar-refractivity contribution in [2.24, 2.45) is 0 Å². The van der Waals surface area contributed by atoms with E-state index in [4.69, 9.17) is 5.11 Å². The molecule has 0 fully saturated rings. The minimum atomic E-state index is -3.79. The van der Waals surface area contributed by atoms with E-state index in [9.17, 15) is 13.2 Å². The molecule has 7 heteroatoms. The SMILES string of the molecule is CCCCC(NS(=O)(=O)c1ccc(I)cc1)C(=O)O. The number of carboxylic acid groups (broad SMARTS) is 1. The molecule has 0 heterocycles. The maximum absolute atomic E-state index is 12.0. The average molecular weight is 397 g/mol. The molecule has 1 unspecified atom stereocenters. The largest absolute Gasteiger partial charge is 0.480 e. The van der Waals surface area contributed by atoms with Gasteiger partial charge >= 0.3 is 5.97 Å². The second-order valence-electron chi connectivity index (χ2n) is 4.11. The summed E-state index contributed by atoms with van der Waals surface area (Å²) >= 11 is 2.07. The van der Waals surface area contributed by atoms with Gasteiger partial charge in [-0.25, -0.2) is 8.42 Å². The van der Waals surface area contributed by atoms with E-state index in [-0.39, 0.29) is 11.3 Å². The van der Waals surface area contributed by atoms with Crippen LogP contribution in [0.25, 0.3) is 0 Å². The van der Waals surface area contributed by atoms with Gasteiger partial charge in [0.25, 0.3) is 0 Å². The molecule has 19 heavy (non-hydrogen) atoms. The third kappa shape index (κ3) is 5.07. The topological polar surface area (TPSA) is 83.5 Å². The Bertz CT molecular complexity index is 527. The van der Waals surface area contributed by atoms with Gasteiger partial charge < -0.3 is 5.11 Å². The molecule has 0 saturated heterocycles. The highest BCUT2D eigenvalue weighted by Crippen LogP contribution is 2.13. The molecule has 0 amide bonds. The van der Waals surface area contributed by atoms with Gasteiger partial charge in [0.05, 0.1) is 4.90 Å². The molecule has 5 nitrogen and oxygen atoms in total. The minimum absolute atomic E-state index is 0.0793. The van der Waals surface area contributed by atoms with Crippen LogP contribution in [-0.2, 0) is 14.8 Å². The van der Waals surface area contributed by atoms with Crippen LogP contribution in [0.2, 0.25) is 0 Å². The van der Waals surface area contributed by atoms with Gasteiger partial charge in [-0.15, -0.1) is 0 Å². The van der Waals surface area contributed by atoms with E-state index in [0.717, 1.165) is 9.99 Å². The van der Waals surface area contributed by atoms with Crippen molar-refractivity contribution in [1.82, 2.24) is 4.72 Å². The highest BCUT2D eigenvalue weighted by molar-refractivity contribution is 14.1. The smallest absolute Gasteiger partial charge is 0.321 e. The Kier molecular flexibility index (Phi) is 6.21. The van der Waals surface area contributed by atoms with Gasteiger partial charge in [0.2, 0.25) is 10.0 Å². The lowest BCUT2D eigenvalue weighted by Gasteiger charge is -2.14. The monoisotopic (exact) mass is 397 g/mol. The van der Waals surface area contributed by atoms with Gasteiger partial charge in [-0.3, -0.25) is 4.79 Å². The third-order valence-corrected chi connectivity index (χ3v) is 4.77. The number of halogens is 1. The average Bonchev–Trinajstić information content (AvgIpc) is 2.34. The van der Waals surface area contributed by atoms with Crippen LogP contribution in [0, 0.1) is 3.57 Å². The summed E-state index contributed by atoms with van der Waals surface area (Å²) in [6, 6.07) is 5.17. The minimum Gasteiger partial charge on any atom is -0.480 e. The molecule has 1 rings (SSSR count). The van der Waals surface area contributed by atoms with E-state index in [1.54, 1.807) is 12.1 Å². The Balaban J connectivity index is 2.87. The first kappa shape index (κ1) is 16.4. The summed E-state index contributed by atoms with van der Waals surface area (Å²) in [5, 5.41) is 9.03. The molecule has 0 aliphatic heterocycles. The third-order valence-electron chi connectivity index (χ3n) is 2.57. The van der Waals surface area contributed by atoms with Crippen molar-refractivity contribution in [2.75, 3.05) is 0 Å². The molecule has 0 bridgehead atoms. The molecule has 2 N–H and O–H groups in total. The quantitative estimate of drug-likeness (QED) is 0.692. The van der Waals surface area contributed by atoms with Crippen molar-refractivity contribution < 1.29 is 18.3 Å². The molecule has 0 radical (unpaired) electrons. The number of carboxylic acids is 1. The Morgan fingerprint density at radius 3 is 2.42 bits per heavy atom. The van der Waals surface area contributed by atoms with Gasteiger partial charge in [-0.05, 0) is 53.3 Å². The number of aliphatic carboxylic acids is 1. The summed E-state index contributed by atoms with van der Waals surface area (Å²) in [7, 11) is -3.79. The van der Waals surface area contributed by atoms with E-state index in [1.165, 1.54) is 12.1 Å². The highest BCUT2D eigenvalue weighted by atomic mass is 127. The van der Waals surface area contributed by atoms with Crippen molar-refractivity contribution in [3.05, 3.63) is 27.8 Å². The molecule has 1 aromatic rings. The molecule has 0 spiro atoms. The summed E-state index contributed by atoms with van der Waals surface area (Å²) in [6.45, 7) is 1.92. The second-order valence-corrected chi connectivity index (χ2v) is 7.07. The van der Waals surface area contributed by atoms with Crippen LogP contribution in [0.3, 0.4) is 0 Å². The van der Waals surface area contributed by atoms with E-state index < -0.39 is 22.0 Å². The van der Waals surface area contributed by atoms with Crippen LogP contribution < -0.4 is 4.72 Å². The summed E-state index contributed by atoms with van der Waals surface area (Å²) < 4.78 is 27.2. The first-order chi connectivity index (χ1) is 8.86. The summed E-state index contributed by atoms with van der Waals surface area (Å²) in [4.78, 5) is 11.1. The van der Waals surface area contributed by atoms with E-state index >= 15 is 0 Å². The van der Waals surface area contributed by atoms with Gasteiger partial charge in [-0.2, -0.15) is 4.72 Å². The molecule has 0 aliphatic carbocycles. The number of hydrogen-bond donors (Lipinski definition) is 2. The normalized spacial score (nSPS) is 13.2. The number of carbonyl (C=O) groups is 1. The number of rotatable bonds is 7. The van der Waals surface area contributed by atoms with E-state index in [1.807, 2.05) is 6.92 Å². The van der Waals surface area contributed by atoms with Gasteiger partial charge in [0.15, 0.2) is 0 Å². The van der Waals surface area contributed by atoms with Crippen LogP contribution in [0.4, 0.5) is 0 Å². The number of unbranched alkanes of at least 4 members (excludes halogenated alkanes) is 1. The Morgan fingerprint density at radius 1 is 1.37 bits per heavy atom. The molecule has 0 aromatic heterocycles. The van der Waals surface area contributed by atoms with Crippen molar-refractivity contribution in [3.8, 4) is 0 Å². The molecule has 106 valence electrons. The van der Waals surface area contributed by atoms with Crippen LogP contribution >= 0.6 is 22.6 Å². The number of nitrogens with one attached hydrogen (secondary N) is 1. The van der Waals surface area contributed by atoms with Crippen LogP contribution in [0.1, 0.15) is 26.2 Å². The van der Waals surface area contributed by atoms with Crippen LogP contribution in [-0.4, -0.2) is 25.5 Å². The number of hydrogen-bond acceptors (Lipinski definition) is 3. The fraction of sp³-hybridized carbons (Fsp3) is 0.417. The van der Waals surface area contributed by atoms with Gasteiger partial charge in [0.1, 0.15) is 6.04 Å². The molecular formula is C12H16INO4S. The maximum atomic E-state index is 12.0. The number of sulfonamides is 1. The van der Waals surface area contributed by atoms with E-state index in [2.05, 4.69) is 27.3 Å². The Hall–Kier alpha value is -0.670. The summed E-state index contributed by atoms with van der Waals surface area (Å²) in [5.74, 6) is -1.15. The van der Waals surface area contributed by atoms with Crippen molar-refractivity contribution in [1.29, 1.82) is 0 Å². The summed E-state index contributed by atoms with van der Waals surface area (Å²) in [5.41, 5.74) is 0. The van der Waals surface area contributed by atoms with Crippen LogP contribution in [0.5, 0.6) is 0 Å². The zero-order valence-electron chi connectivity index (χ0n) is 10.5. The predicted octanol–water partition coefficient (Wildman–Crippen LogP) is 2.21. The van der Waals surface area contributed by atoms with Crippen LogP contribution in [0.15, 0.2) is 29.2 Å². The molecule has 1 atom stereocenters. The number of benzene rings is 1. The first-order valence-electron chi connectivity index (χ1n) is 5.87. The summed E-state index contributed by atoms with van der Waals surface area (Å²) in [6.07, 6.45) is 1.76. The maximum Gasteiger partial charge on any atom is 0.321 e. The molecular weight excluding hydrogens is 381 g/mol. The zero-order valence-corrected chi connectivity index (χ0v) is 13.4. The second kappa shape index (κ2) is 7.20. The van der Waals surface area contributed by atoms with Crippen molar-refractivity contribution in [2.45, 2.75) is 37.1 Å². The molecule has 1 aromatic carbocycles. The zero-order chi connectivity index (χ0) is 14.5. The fourth-order valence-electron chi connectivity index (χ4n) is 1.51. The first-order valence-corrected chi connectivity index (χ1v) is 8.43. The molecule has 0 aliphatic rings. The lowest BCUT2D eigenvalue weighted by molar-refractivity contribution is -0.139. The van der Waals surface area contributed by atoms with Crippen molar-refractivity contribution >= 4 is 38.6 Å². The lowest BCUT2D eigenvalue weighted by Crippen LogP contribution is -2.40. The van der Waals surface area contributed by atoms with Gasteiger partial charge in [-0.1, -0.05) is 19.8 Å². The lowest BCUT2D eigenvalue weighted by atomic mass is 10.1. The Labute approximate surface area is 126 Å². The van der Waals surface area contributed by atoms with Crippen molar-refractivity contribution in [3.63, 3.8) is 0 Å². The highest BCUT2D eigenvalue weighted by Gasteiger charge is 2.24. The standard InChI is InChI=1S/C12H16INO4S/c1-2-3-4-11(12(15)16)14-19(17,18)10-7-5-9(13)6-8-10/h5-8,11,14H,2-4H2,1H3,(H,15,16). The Morgan fingerprint density at radius 2 is 1.95 bits per heavy atom. The predicted molar refractivity (Wildman–Crippen MR) is 80.4 cm³/mol.